The van der Waals surface area contributed by atoms with Crippen molar-refractivity contribution in [2.45, 2.75) is 6.92 Å². The van der Waals surface area contributed by atoms with Crippen LogP contribution in [0.2, 0.25) is 0 Å². The molecule has 2 rings (SSSR count). The second kappa shape index (κ2) is 3.57. The minimum absolute atomic E-state index is 0.0822. The van der Waals surface area contributed by atoms with Gasteiger partial charge < -0.3 is 9.15 Å². The number of carbonyl (C=O) groups excluding carboxylic acids is 1. The first-order chi connectivity index (χ1) is 7.18. The molecule has 0 saturated carbocycles. The van der Waals surface area contributed by atoms with E-state index in [1.54, 1.807) is 24.3 Å². The van der Waals surface area contributed by atoms with Crippen molar-refractivity contribution in [3.63, 3.8) is 0 Å². The largest absolute Gasteiger partial charge is 0.460 e. The summed E-state index contributed by atoms with van der Waals surface area (Å²) in [5, 5.41) is 0.399. The average Bonchev–Trinajstić information content (AvgIpc) is 2.22. The van der Waals surface area contributed by atoms with Crippen molar-refractivity contribution in [3.8, 4) is 5.75 Å². The number of ether oxygens (including phenoxy) is 1. The third-order valence-corrected chi connectivity index (χ3v) is 1.90. The number of esters is 1. The van der Waals surface area contributed by atoms with Gasteiger partial charge in [-0.05, 0) is 12.1 Å². The first-order valence-corrected chi connectivity index (χ1v) is 4.37. The normalized spacial score (nSPS) is 10.2. The Hall–Kier alpha value is -2.10. The van der Waals surface area contributed by atoms with Crippen LogP contribution in [-0.4, -0.2) is 5.97 Å². The number of hydrogen-bond donors (Lipinski definition) is 0. The van der Waals surface area contributed by atoms with Gasteiger partial charge in [0.2, 0.25) is 11.2 Å². The molecule has 0 bridgehead atoms. The number of hydrogen-bond acceptors (Lipinski definition) is 4. The molecule has 0 aliphatic heterocycles. The van der Waals surface area contributed by atoms with Crippen molar-refractivity contribution >= 4 is 16.9 Å². The van der Waals surface area contributed by atoms with Gasteiger partial charge in [0.15, 0.2) is 0 Å². The van der Waals surface area contributed by atoms with Crippen molar-refractivity contribution in [1.82, 2.24) is 0 Å². The summed E-state index contributed by atoms with van der Waals surface area (Å²) in [6.07, 6.45) is 1.14. The average molecular weight is 204 g/mol. The smallest absolute Gasteiger partial charge is 0.308 e. The highest BCUT2D eigenvalue weighted by molar-refractivity contribution is 5.78. The van der Waals surface area contributed by atoms with Crippen LogP contribution in [0.5, 0.6) is 5.75 Å². The Kier molecular flexibility index (Phi) is 2.25. The quantitative estimate of drug-likeness (QED) is 0.663. The monoisotopic (exact) mass is 204 g/mol. The molecule has 1 aromatic carbocycles. The van der Waals surface area contributed by atoms with Gasteiger partial charge in [-0.15, -0.1) is 0 Å². The van der Waals surface area contributed by atoms with Crippen molar-refractivity contribution in [3.05, 3.63) is 40.8 Å². The van der Waals surface area contributed by atoms with Crippen LogP contribution in [0, 0.1) is 0 Å². The Morgan fingerprint density at radius 2 is 2.07 bits per heavy atom. The summed E-state index contributed by atoms with van der Waals surface area (Å²) in [5.74, 6) is -0.626. The molecule has 0 aliphatic rings. The number of fused-ring (bicyclic) bond motifs is 1. The van der Waals surface area contributed by atoms with E-state index in [1.807, 2.05) is 0 Å². The molecular weight excluding hydrogens is 196 g/mol. The van der Waals surface area contributed by atoms with E-state index in [0.717, 1.165) is 6.26 Å². The second-order valence-electron chi connectivity index (χ2n) is 3.02. The lowest BCUT2D eigenvalue weighted by atomic mass is 10.2. The fraction of sp³-hybridized carbons (Fsp3) is 0.0909. The number of carbonyl (C=O) groups is 1. The van der Waals surface area contributed by atoms with Crippen LogP contribution in [0.1, 0.15) is 6.92 Å². The maximum atomic E-state index is 11.7. The summed E-state index contributed by atoms with van der Waals surface area (Å²) >= 11 is 0. The van der Waals surface area contributed by atoms with Gasteiger partial charge in [-0.2, -0.15) is 0 Å². The molecule has 0 spiro atoms. The maximum absolute atomic E-state index is 11.7. The van der Waals surface area contributed by atoms with Crippen LogP contribution in [-0.2, 0) is 4.79 Å². The molecule has 0 N–H and O–H groups in total. The van der Waals surface area contributed by atoms with E-state index in [0.29, 0.717) is 11.0 Å². The minimum atomic E-state index is -0.544. The van der Waals surface area contributed by atoms with Gasteiger partial charge in [0.05, 0.1) is 5.39 Å². The third kappa shape index (κ3) is 1.74. The molecule has 4 nitrogen and oxygen atoms in total. The predicted octanol–water partition coefficient (Wildman–Crippen LogP) is 1.72. The molecule has 0 atom stereocenters. The molecule has 76 valence electrons. The van der Waals surface area contributed by atoms with Gasteiger partial charge in [0.25, 0.3) is 0 Å². The topological polar surface area (TPSA) is 56.5 Å². The maximum Gasteiger partial charge on any atom is 0.308 e. The van der Waals surface area contributed by atoms with Crippen molar-refractivity contribution < 1.29 is 13.9 Å². The zero-order valence-electron chi connectivity index (χ0n) is 8.02. The Labute approximate surface area is 85.1 Å². The Balaban J connectivity index is 2.65. The second-order valence-corrected chi connectivity index (χ2v) is 3.02. The highest BCUT2D eigenvalue weighted by atomic mass is 16.5. The molecule has 0 aliphatic carbocycles. The van der Waals surface area contributed by atoms with E-state index in [1.165, 1.54) is 6.92 Å². The SMILES string of the molecule is CC(=O)Oc1coc2ccccc2c1=O. The van der Waals surface area contributed by atoms with Gasteiger partial charge in [0, 0.05) is 6.92 Å². The molecule has 15 heavy (non-hydrogen) atoms. The molecule has 2 aromatic rings. The molecule has 0 fully saturated rings. The Morgan fingerprint density at radius 1 is 1.33 bits per heavy atom. The summed E-state index contributed by atoms with van der Waals surface area (Å²) < 4.78 is 9.86. The predicted molar refractivity (Wildman–Crippen MR) is 53.8 cm³/mol. The molecule has 0 radical (unpaired) electrons. The minimum Gasteiger partial charge on any atom is -0.460 e. The van der Waals surface area contributed by atoms with Gasteiger partial charge >= 0.3 is 5.97 Å². The summed E-state index contributed by atoms with van der Waals surface area (Å²) in [6, 6.07) is 6.77. The van der Waals surface area contributed by atoms with E-state index < -0.39 is 5.97 Å². The van der Waals surface area contributed by atoms with E-state index in [2.05, 4.69) is 0 Å². The van der Waals surface area contributed by atoms with Crippen LogP contribution in [0.25, 0.3) is 11.0 Å². The number of rotatable bonds is 1. The van der Waals surface area contributed by atoms with Crippen molar-refractivity contribution in [2.75, 3.05) is 0 Å². The molecule has 1 aromatic heterocycles. The van der Waals surface area contributed by atoms with Crippen molar-refractivity contribution in [1.29, 1.82) is 0 Å². The first-order valence-electron chi connectivity index (χ1n) is 4.37. The standard InChI is InChI=1S/C11H8O4/c1-7(12)15-10-6-14-9-5-3-2-4-8(9)11(10)13/h2-6H,1H3. The lowest BCUT2D eigenvalue weighted by molar-refractivity contribution is -0.132. The van der Waals surface area contributed by atoms with Gasteiger partial charge in [0.1, 0.15) is 11.8 Å². The summed E-state index contributed by atoms with van der Waals surface area (Å²) in [7, 11) is 0. The Morgan fingerprint density at radius 3 is 2.80 bits per heavy atom. The van der Waals surface area contributed by atoms with Crippen LogP contribution < -0.4 is 10.2 Å². The van der Waals surface area contributed by atoms with Crippen LogP contribution in [0.3, 0.4) is 0 Å². The summed E-state index contributed by atoms with van der Waals surface area (Å²) in [4.78, 5) is 22.4. The van der Waals surface area contributed by atoms with Crippen LogP contribution in [0.4, 0.5) is 0 Å². The molecular formula is C11H8O4. The van der Waals surface area contributed by atoms with E-state index in [9.17, 15) is 9.59 Å². The molecule has 4 heteroatoms. The fourth-order valence-corrected chi connectivity index (χ4v) is 1.29. The van der Waals surface area contributed by atoms with Gasteiger partial charge in [-0.25, -0.2) is 0 Å². The molecule has 1 heterocycles. The van der Waals surface area contributed by atoms with E-state index in [-0.39, 0.29) is 11.2 Å². The summed E-state index contributed by atoms with van der Waals surface area (Å²) in [5.41, 5.74) is 0.130. The lowest BCUT2D eigenvalue weighted by Gasteiger charge is -2.00. The third-order valence-electron chi connectivity index (χ3n) is 1.90. The van der Waals surface area contributed by atoms with Crippen LogP contribution in [0.15, 0.2) is 39.7 Å². The highest BCUT2D eigenvalue weighted by Crippen LogP contribution is 2.14. The van der Waals surface area contributed by atoms with Gasteiger partial charge in [-0.3, -0.25) is 9.59 Å². The number of benzene rings is 1. The number of para-hydroxylation sites is 1. The van der Waals surface area contributed by atoms with Crippen molar-refractivity contribution in [2.24, 2.45) is 0 Å². The highest BCUT2D eigenvalue weighted by Gasteiger charge is 2.08. The zero-order valence-corrected chi connectivity index (χ0v) is 8.02. The zero-order chi connectivity index (χ0) is 10.8. The van der Waals surface area contributed by atoms with Crippen LogP contribution >= 0.6 is 0 Å². The van der Waals surface area contributed by atoms with Gasteiger partial charge in [-0.1, -0.05) is 12.1 Å². The Bertz CT molecular complexity index is 568. The van der Waals surface area contributed by atoms with E-state index in [4.69, 9.17) is 9.15 Å². The molecule has 0 unspecified atom stereocenters. The lowest BCUT2D eigenvalue weighted by Crippen LogP contribution is -2.11. The van der Waals surface area contributed by atoms with E-state index >= 15 is 0 Å². The first kappa shape index (κ1) is 9.45. The molecule has 0 saturated heterocycles. The fourth-order valence-electron chi connectivity index (χ4n) is 1.29. The summed E-state index contributed by atoms with van der Waals surface area (Å²) in [6.45, 7) is 1.23. The molecule has 0 amide bonds.